The number of hydrogen-bond donors (Lipinski definition) is 2. The van der Waals surface area contributed by atoms with Crippen LogP contribution < -0.4 is 10.6 Å². The number of aryl methyl sites for hydroxylation is 1. The molecule has 1 atom stereocenters. The molecule has 5 nitrogen and oxygen atoms in total. The van der Waals surface area contributed by atoms with E-state index in [1.54, 1.807) is 10.9 Å². The summed E-state index contributed by atoms with van der Waals surface area (Å²) in [5, 5.41) is 10.6. The third kappa shape index (κ3) is 4.33. The molecule has 2 heterocycles. The second-order valence-electron chi connectivity index (χ2n) is 5.86. The summed E-state index contributed by atoms with van der Waals surface area (Å²) in [6.45, 7) is 4.15. The van der Waals surface area contributed by atoms with Crippen molar-refractivity contribution >= 4 is 24.1 Å². The molecule has 3 rings (SSSR count). The number of carbonyl (C=O) groups is 1. The van der Waals surface area contributed by atoms with E-state index in [0.717, 1.165) is 36.6 Å². The summed E-state index contributed by atoms with van der Waals surface area (Å²) >= 11 is 0. The van der Waals surface area contributed by atoms with Crippen LogP contribution in [-0.2, 0) is 4.79 Å². The van der Waals surface area contributed by atoms with Crippen LogP contribution in [0.5, 0.6) is 0 Å². The van der Waals surface area contributed by atoms with Gasteiger partial charge in [-0.2, -0.15) is 5.10 Å². The van der Waals surface area contributed by atoms with Crippen LogP contribution >= 0.6 is 12.4 Å². The molecule has 0 saturated carbocycles. The van der Waals surface area contributed by atoms with Crippen molar-refractivity contribution in [2.45, 2.75) is 26.2 Å². The standard InChI is InChI=1S/C17H22N4O.ClH/c1-13-4-2-3-5-15(13)21-16(9-11-19-21)20-17(22)7-6-14-8-10-18-12-14;/h2-5,9,11,14,18H,6-8,10,12H2,1H3,(H,20,22);1H. The van der Waals surface area contributed by atoms with Crippen molar-refractivity contribution in [3.05, 3.63) is 42.1 Å². The molecule has 0 bridgehead atoms. The molecule has 2 N–H and O–H groups in total. The third-order valence-corrected chi connectivity index (χ3v) is 4.20. The van der Waals surface area contributed by atoms with Gasteiger partial charge in [-0.05, 0) is 50.4 Å². The monoisotopic (exact) mass is 334 g/mol. The Hall–Kier alpha value is -1.85. The zero-order valence-electron chi connectivity index (χ0n) is 13.3. The highest BCUT2D eigenvalue weighted by atomic mass is 35.5. The van der Waals surface area contributed by atoms with Crippen molar-refractivity contribution in [3.8, 4) is 5.69 Å². The Morgan fingerprint density at radius 3 is 2.96 bits per heavy atom. The summed E-state index contributed by atoms with van der Waals surface area (Å²) in [7, 11) is 0. The predicted octanol–water partition coefficient (Wildman–Crippen LogP) is 2.93. The number of amides is 1. The largest absolute Gasteiger partial charge is 0.316 e. The molecule has 23 heavy (non-hydrogen) atoms. The van der Waals surface area contributed by atoms with Crippen molar-refractivity contribution in [2.75, 3.05) is 18.4 Å². The minimum Gasteiger partial charge on any atom is -0.316 e. The fourth-order valence-electron chi connectivity index (χ4n) is 2.89. The van der Waals surface area contributed by atoms with Crippen LogP contribution in [0.1, 0.15) is 24.8 Å². The summed E-state index contributed by atoms with van der Waals surface area (Å²) in [6.07, 6.45) is 4.39. The van der Waals surface area contributed by atoms with Crippen LogP contribution in [0.15, 0.2) is 36.5 Å². The molecule has 0 spiro atoms. The molecule has 6 heteroatoms. The van der Waals surface area contributed by atoms with Crippen LogP contribution in [0, 0.1) is 12.8 Å². The van der Waals surface area contributed by atoms with Crippen molar-refractivity contribution in [1.29, 1.82) is 0 Å². The van der Waals surface area contributed by atoms with E-state index in [0.29, 0.717) is 12.3 Å². The molecule has 0 aliphatic carbocycles. The number of benzene rings is 1. The highest BCUT2D eigenvalue weighted by Gasteiger charge is 2.16. The summed E-state index contributed by atoms with van der Waals surface area (Å²) in [4.78, 5) is 12.2. The van der Waals surface area contributed by atoms with Crippen molar-refractivity contribution in [1.82, 2.24) is 15.1 Å². The topological polar surface area (TPSA) is 59.0 Å². The molecule has 1 aromatic heterocycles. The molecule has 0 radical (unpaired) electrons. The Bertz CT molecular complexity index is 650. The number of rotatable bonds is 5. The first kappa shape index (κ1) is 17.5. The lowest BCUT2D eigenvalue weighted by atomic mass is 10.0. The van der Waals surface area contributed by atoms with Crippen LogP contribution in [-0.4, -0.2) is 28.8 Å². The van der Waals surface area contributed by atoms with E-state index >= 15 is 0 Å². The van der Waals surface area contributed by atoms with Crippen molar-refractivity contribution in [2.24, 2.45) is 5.92 Å². The van der Waals surface area contributed by atoms with E-state index < -0.39 is 0 Å². The number of halogens is 1. The number of nitrogens with zero attached hydrogens (tertiary/aromatic N) is 2. The normalized spacial score (nSPS) is 16.8. The number of aromatic nitrogens is 2. The second kappa shape index (κ2) is 8.13. The van der Waals surface area contributed by atoms with Gasteiger partial charge in [-0.25, -0.2) is 4.68 Å². The van der Waals surface area contributed by atoms with Gasteiger partial charge in [-0.1, -0.05) is 18.2 Å². The molecule has 1 fully saturated rings. The molecule has 1 aliphatic heterocycles. The highest BCUT2D eigenvalue weighted by Crippen LogP contribution is 2.19. The van der Waals surface area contributed by atoms with E-state index in [1.165, 1.54) is 6.42 Å². The van der Waals surface area contributed by atoms with Gasteiger partial charge in [0.2, 0.25) is 5.91 Å². The van der Waals surface area contributed by atoms with Gasteiger partial charge >= 0.3 is 0 Å². The minimum atomic E-state index is 0. The van der Waals surface area contributed by atoms with Crippen LogP contribution in [0.3, 0.4) is 0 Å². The fourth-order valence-corrected chi connectivity index (χ4v) is 2.89. The maximum Gasteiger partial charge on any atom is 0.225 e. The molecule has 1 aromatic carbocycles. The quantitative estimate of drug-likeness (QED) is 0.884. The van der Waals surface area contributed by atoms with Gasteiger partial charge in [-0.15, -0.1) is 12.4 Å². The molecular weight excluding hydrogens is 312 g/mol. The molecule has 2 aromatic rings. The smallest absolute Gasteiger partial charge is 0.225 e. The molecular formula is C17H23ClN4O. The summed E-state index contributed by atoms with van der Waals surface area (Å²) < 4.78 is 1.78. The van der Waals surface area contributed by atoms with E-state index in [1.807, 2.05) is 37.3 Å². The molecule has 1 aliphatic rings. The van der Waals surface area contributed by atoms with Crippen molar-refractivity contribution < 1.29 is 4.79 Å². The van der Waals surface area contributed by atoms with Gasteiger partial charge in [0, 0.05) is 12.5 Å². The lowest BCUT2D eigenvalue weighted by Gasteiger charge is -2.12. The zero-order valence-corrected chi connectivity index (χ0v) is 14.1. The van der Waals surface area contributed by atoms with Crippen molar-refractivity contribution in [3.63, 3.8) is 0 Å². The first-order valence-corrected chi connectivity index (χ1v) is 7.84. The number of nitrogens with one attached hydrogen (secondary N) is 2. The summed E-state index contributed by atoms with van der Waals surface area (Å²) in [5.41, 5.74) is 2.11. The van der Waals surface area contributed by atoms with Crippen LogP contribution in [0.25, 0.3) is 5.69 Å². The first-order valence-electron chi connectivity index (χ1n) is 7.84. The van der Waals surface area contributed by atoms with E-state index in [9.17, 15) is 4.79 Å². The Kier molecular flexibility index (Phi) is 6.19. The summed E-state index contributed by atoms with van der Waals surface area (Å²) in [6, 6.07) is 9.85. The van der Waals surface area contributed by atoms with Crippen LogP contribution in [0.2, 0.25) is 0 Å². The van der Waals surface area contributed by atoms with E-state index in [2.05, 4.69) is 15.7 Å². The highest BCUT2D eigenvalue weighted by molar-refractivity contribution is 5.90. The maximum atomic E-state index is 12.2. The second-order valence-corrected chi connectivity index (χ2v) is 5.86. The molecule has 1 unspecified atom stereocenters. The van der Waals surface area contributed by atoms with Gasteiger partial charge in [-0.3, -0.25) is 4.79 Å². The number of hydrogen-bond acceptors (Lipinski definition) is 3. The Morgan fingerprint density at radius 2 is 2.22 bits per heavy atom. The summed E-state index contributed by atoms with van der Waals surface area (Å²) in [5.74, 6) is 1.41. The zero-order chi connectivity index (χ0) is 15.4. The average molecular weight is 335 g/mol. The minimum absolute atomic E-state index is 0. The molecule has 1 amide bonds. The van der Waals surface area contributed by atoms with Gasteiger partial charge in [0.1, 0.15) is 5.82 Å². The van der Waals surface area contributed by atoms with Gasteiger partial charge < -0.3 is 10.6 Å². The predicted molar refractivity (Wildman–Crippen MR) is 94.4 cm³/mol. The maximum absolute atomic E-state index is 12.2. The lowest BCUT2D eigenvalue weighted by molar-refractivity contribution is -0.116. The van der Waals surface area contributed by atoms with Gasteiger partial charge in [0.05, 0.1) is 11.9 Å². The SMILES string of the molecule is Cc1ccccc1-n1nccc1NC(=O)CCC1CCNC1.Cl. The molecule has 124 valence electrons. The van der Waals surface area contributed by atoms with Gasteiger partial charge in [0.15, 0.2) is 0 Å². The van der Waals surface area contributed by atoms with Crippen LogP contribution in [0.4, 0.5) is 5.82 Å². The average Bonchev–Trinajstić information content (AvgIpc) is 3.17. The Balaban J connectivity index is 0.00000192. The number of anilines is 1. The first-order chi connectivity index (χ1) is 10.7. The number of para-hydroxylation sites is 1. The third-order valence-electron chi connectivity index (χ3n) is 4.20. The van der Waals surface area contributed by atoms with Gasteiger partial charge in [0.25, 0.3) is 0 Å². The lowest BCUT2D eigenvalue weighted by Crippen LogP contribution is -2.17. The fraction of sp³-hybridized carbons (Fsp3) is 0.412. The Labute approximate surface area is 142 Å². The van der Waals surface area contributed by atoms with E-state index in [4.69, 9.17) is 0 Å². The number of carbonyl (C=O) groups excluding carboxylic acids is 1. The van der Waals surface area contributed by atoms with E-state index in [-0.39, 0.29) is 18.3 Å². The molecule has 1 saturated heterocycles. The Morgan fingerprint density at radius 1 is 1.39 bits per heavy atom.